The van der Waals surface area contributed by atoms with E-state index < -0.39 is 11.9 Å². The van der Waals surface area contributed by atoms with E-state index in [1.54, 1.807) is 5.48 Å². The van der Waals surface area contributed by atoms with Crippen LogP contribution in [0.3, 0.4) is 0 Å². The lowest BCUT2D eigenvalue weighted by molar-refractivity contribution is -0.151. The van der Waals surface area contributed by atoms with Gasteiger partial charge in [0.2, 0.25) is 5.95 Å². The number of piperidine rings is 1. The van der Waals surface area contributed by atoms with Gasteiger partial charge in [0.05, 0.1) is 5.56 Å². The van der Waals surface area contributed by atoms with Gasteiger partial charge in [-0.05, 0) is 79.4 Å². The number of amides is 1. The second kappa shape index (κ2) is 13.0. The van der Waals surface area contributed by atoms with Crippen molar-refractivity contribution in [2.24, 2.45) is 17.8 Å². The van der Waals surface area contributed by atoms with E-state index in [9.17, 15) is 9.59 Å². The molecular weight excluding hydrogens is 530 g/mol. The first-order valence-corrected chi connectivity index (χ1v) is 15.2. The van der Waals surface area contributed by atoms with Crippen molar-refractivity contribution in [2.45, 2.75) is 63.6 Å². The summed E-state index contributed by atoms with van der Waals surface area (Å²) in [6.45, 7) is 2.52. The third-order valence-electron chi connectivity index (χ3n) is 9.15. The number of carbonyl (C=O) groups excluding carboxylic acids is 2. The van der Waals surface area contributed by atoms with Crippen LogP contribution < -0.4 is 15.7 Å². The van der Waals surface area contributed by atoms with Crippen LogP contribution in [0.1, 0.15) is 71.6 Å². The fourth-order valence-corrected chi connectivity index (χ4v) is 6.71. The van der Waals surface area contributed by atoms with E-state index in [0.717, 1.165) is 62.2 Å². The number of carbonyl (C=O) groups is 2. The number of fused-ring (bicyclic) bond motifs is 1. The molecule has 3 aromatic rings. The molecular formula is C33H39N5O4. The Morgan fingerprint density at radius 2 is 1.62 bits per heavy atom. The normalized spacial score (nSPS) is 22.0. The highest BCUT2D eigenvalue weighted by molar-refractivity contribution is 5.92. The minimum atomic E-state index is -0.606. The molecule has 2 heterocycles. The van der Waals surface area contributed by atoms with Crippen molar-refractivity contribution in [1.29, 1.82) is 0 Å². The largest absolute Gasteiger partial charge is 0.461 e. The summed E-state index contributed by atoms with van der Waals surface area (Å²) in [7, 11) is 0. The fraction of sp³-hybridized carbons (Fsp3) is 0.455. The molecule has 3 aliphatic rings. The summed E-state index contributed by atoms with van der Waals surface area (Å²) in [4.78, 5) is 35.3. The van der Waals surface area contributed by atoms with Crippen molar-refractivity contribution in [3.05, 3.63) is 89.2 Å². The van der Waals surface area contributed by atoms with Gasteiger partial charge in [-0.15, -0.1) is 0 Å². The van der Waals surface area contributed by atoms with Crippen molar-refractivity contribution >= 4 is 17.8 Å². The van der Waals surface area contributed by atoms with Crippen LogP contribution in [-0.4, -0.2) is 46.2 Å². The molecule has 2 saturated carbocycles. The molecule has 3 atom stereocenters. The first kappa shape index (κ1) is 28.3. The van der Waals surface area contributed by atoms with Gasteiger partial charge in [0.25, 0.3) is 5.91 Å². The van der Waals surface area contributed by atoms with Crippen LogP contribution in [0.15, 0.2) is 67.0 Å². The van der Waals surface area contributed by atoms with Crippen LogP contribution in [0.4, 0.5) is 5.95 Å². The standard InChI is InChI=1S/C33H39N5O4/c39-31(37-41)25-18-35-33(36-19-25)38-20-28-27(29(28)21-38)12-6-7-22-13-15-23(16-14-22)17-34-30(24-8-2-1-3-9-24)32(40)42-26-10-4-5-11-26/h1-3,8-9,13-16,18-19,26-30,34,41H,4-7,10-12,17,20-21H2,(H,37,39)/t27?,28?,29?,30-/m0/s1. The smallest absolute Gasteiger partial charge is 0.328 e. The SMILES string of the molecule is O=C(NO)c1cnc(N2CC3C(CCCc4ccc(CN[C@H](C(=O)OC5CCCC5)c5ccccc5)cc4)C3C2)nc1. The molecule has 220 valence electrons. The Hall–Kier alpha value is -3.82. The maximum atomic E-state index is 13.0. The number of hydrogen-bond acceptors (Lipinski definition) is 8. The molecule has 9 nitrogen and oxygen atoms in total. The first-order valence-electron chi connectivity index (χ1n) is 15.2. The van der Waals surface area contributed by atoms with Gasteiger partial charge in [-0.3, -0.25) is 15.3 Å². The van der Waals surface area contributed by atoms with Gasteiger partial charge in [0.1, 0.15) is 12.1 Å². The van der Waals surface area contributed by atoms with Gasteiger partial charge in [0.15, 0.2) is 0 Å². The summed E-state index contributed by atoms with van der Waals surface area (Å²) in [5.41, 5.74) is 5.26. The number of anilines is 1. The maximum absolute atomic E-state index is 13.0. The minimum Gasteiger partial charge on any atom is -0.461 e. The van der Waals surface area contributed by atoms with E-state index in [2.05, 4.69) is 44.5 Å². The van der Waals surface area contributed by atoms with Crippen LogP contribution >= 0.6 is 0 Å². The summed E-state index contributed by atoms with van der Waals surface area (Å²) < 4.78 is 5.84. The lowest BCUT2D eigenvalue weighted by atomic mass is 10.0. The molecule has 2 aromatic carbocycles. The quantitative estimate of drug-likeness (QED) is 0.164. The molecule has 3 N–H and O–H groups in total. The zero-order valence-electron chi connectivity index (χ0n) is 23.8. The number of aromatic nitrogens is 2. The topological polar surface area (TPSA) is 117 Å². The van der Waals surface area contributed by atoms with Gasteiger partial charge < -0.3 is 9.64 Å². The zero-order chi connectivity index (χ0) is 28.9. The molecule has 9 heteroatoms. The molecule has 1 aliphatic heterocycles. The van der Waals surface area contributed by atoms with E-state index in [-0.39, 0.29) is 17.6 Å². The predicted octanol–water partition coefficient (Wildman–Crippen LogP) is 4.62. The number of rotatable bonds is 12. The van der Waals surface area contributed by atoms with Crippen LogP contribution in [-0.2, 0) is 22.5 Å². The van der Waals surface area contributed by atoms with Gasteiger partial charge in [0, 0.05) is 32.0 Å². The van der Waals surface area contributed by atoms with Gasteiger partial charge >= 0.3 is 5.97 Å². The van der Waals surface area contributed by atoms with E-state index >= 15 is 0 Å². The highest BCUT2D eigenvalue weighted by atomic mass is 16.5. The van der Waals surface area contributed by atoms with E-state index in [1.807, 2.05) is 30.3 Å². The Balaban J connectivity index is 0.936. The average molecular weight is 570 g/mol. The number of esters is 1. The van der Waals surface area contributed by atoms with Crippen LogP contribution in [0.25, 0.3) is 0 Å². The molecule has 0 radical (unpaired) electrons. The predicted molar refractivity (Wildman–Crippen MR) is 158 cm³/mol. The third-order valence-corrected chi connectivity index (χ3v) is 9.15. The van der Waals surface area contributed by atoms with E-state index in [0.29, 0.717) is 24.3 Å². The number of nitrogens with one attached hydrogen (secondary N) is 2. The monoisotopic (exact) mass is 569 g/mol. The number of nitrogens with zero attached hydrogens (tertiary/aromatic N) is 3. The molecule has 0 bridgehead atoms. The molecule has 3 fully saturated rings. The number of hydroxylamine groups is 1. The van der Waals surface area contributed by atoms with Crippen molar-refractivity contribution in [3.8, 4) is 0 Å². The molecule has 1 aromatic heterocycles. The van der Waals surface area contributed by atoms with Crippen molar-refractivity contribution in [1.82, 2.24) is 20.8 Å². The minimum absolute atomic E-state index is 0.0502. The molecule has 6 rings (SSSR count). The van der Waals surface area contributed by atoms with Crippen molar-refractivity contribution in [2.75, 3.05) is 18.0 Å². The second-order valence-electron chi connectivity index (χ2n) is 11.9. The molecule has 2 unspecified atom stereocenters. The maximum Gasteiger partial charge on any atom is 0.328 e. The van der Waals surface area contributed by atoms with Gasteiger partial charge in [-0.2, -0.15) is 0 Å². The van der Waals surface area contributed by atoms with Crippen LogP contribution in [0.5, 0.6) is 0 Å². The van der Waals surface area contributed by atoms with Gasteiger partial charge in [-0.1, -0.05) is 54.6 Å². The second-order valence-corrected chi connectivity index (χ2v) is 11.9. The Labute approximate surface area is 246 Å². The van der Waals surface area contributed by atoms with Crippen LogP contribution in [0.2, 0.25) is 0 Å². The van der Waals surface area contributed by atoms with Gasteiger partial charge in [-0.25, -0.2) is 20.2 Å². The molecule has 0 spiro atoms. The summed E-state index contributed by atoms with van der Waals surface area (Å²) in [6.07, 6.45) is 10.6. The molecule has 1 saturated heterocycles. The number of benzene rings is 2. The summed E-state index contributed by atoms with van der Waals surface area (Å²) in [6, 6.07) is 18.1. The number of aryl methyl sites for hydroxylation is 1. The Morgan fingerprint density at radius 1 is 0.952 bits per heavy atom. The molecule has 42 heavy (non-hydrogen) atoms. The van der Waals surface area contributed by atoms with Crippen LogP contribution in [0, 0.1) is 17.8 Å². The first-order chi connectivity index (χ1) is 20.6. The highest BCUT2D eigenvalue weighted by Crippen LogP contribution is 2.54. The number of hydrogen-bond donors (Lipinski definition) is 3. The Kier molecular flexibility index (Phi) is 8.76. The highest BCUT2D eigenvalue weighted by Gasteiger charge is 2.55. The molecule has 2 aliphatic carbocycles. The summed E-state index contributed by atoms with van der Waals surface area (Å²) in [5.74, 6) is 2.01. The lowest BCUT2D eigenvalue weighted by Gasteiger charge is -2.21. The molecule has 1 amide bonds. The lowest BCUT2D eigenvalue weighted by Crippen LogP contribution is -2.32. The third kappa shape index (κ3) is 6.63. The Morgan fingerprint density at radius 3 is 2.29 bits per heavy atom. The summed E-state index contributed by atoms with van der Waals surface area (Å²) >= 11 is 0. The van der Waals surface area contributed by atoms with E-state index in [1.165, 1.54) is 30.8 Å². The average Bonchev–Trinajstić information content (AvgIpc) is 3.37. The van der Waals surface area contributed by atoms with Crippen molar-refractivity contribution in [3.63, 3.8) is 0 Å². The zero-order valence-corrected chi connectivity index (χ0v) is 23.8. The van der Waals surface area contributed by atoms with E-state index in [4.69, 9.17) is 9.94 Å². The number of ether oxygens (including phenoxy) is 1. The fourth-order valence-electron chi connectivity index (χ4n) is 6.71. The van der Waals surface area contributed by atoms with Crippen molar-refractivity contribution < 1.29 is 19.5 Å². The summed E-state index contributed by atoms with van der Waals surface area (Å²) in [5, 5.41) is 12.2. The Bertz CT molecular complexity index is 1330.